The molecule has 0 unspecified atom stereocenters. The maximum Gasteiger partial charge on any atom is 0.0698 e. The molecule has 0 fully saturated rings. The van der Waals surface area contributed by atoms with Gasteiger partial charge in [0.2, 0.25) is 0 Å². The predicted molar refractivity (Wildman–Crippen MR) is 50.1 cm³/mol. The molecule has 1 nitrogen and oxygen atoms in total. The lowest BCUT2D eigenvalue weighted by Gasteiger charge is -1.95. The van der Waals surface area contributed by atoms with Gasteiger partial charge in [0, 0.05) is 11.5 Å². The van der Waals surface area contributed by atoms with Crippen molar-refractivity contribution in [3.05, 3.63) is 10.4 Å². The third-order valence-electron chi connectivity index (χ3n) is 0.791. The fourth-order valence-corrected chi connectivity index (χ4v) is 1.35. The van der Waals surface area contributed by atoms with E-state index in [9.17, 15) is 0 Å². The SMILES string of the molecule is CCC=C(Cl)SCC(C)=N. The molecule has 0 spiro atoms. The molecule has 0 saturated heterocycles. The molecule has 0 bridgehead atoms. The summed E-state index contributed by atoms with van der Waals surface area (Å²) in [5, 5.41) is 7.11. The highest BCUT2D eigenvalue weighted by Gasteiger charge is 1.92. The highest BCUT2D eigenvalue weighted by atomic mass is 35.5. The number of hydrogen-bond donors (Lipinski definition) is 1. The Bertz CT molecular complexity index is 143. The van der Waals surface area contributed by atoms with Gasteiger partial charge in [-0.1, -0.05) is 24.6 Å². The van der Waals surface area contributed by atoms with E-state index in [0.29, 0.717) is 11.5 Å². The van der Waals surface area contributed by atoms with Gasteiger partial charge in [-0.2, -0.15) is 0 Å². The van der Waals surface area contributed by atoms with E-state index in [1.165, 1.54) is 11.8 Å². The van der Waals surface area contributed by atoms with Crippen molar-refractivity contribution in [3.8, 4) is 0 Å². The van der Waals surface area contributed by atoms with Crippen LogP contribution < -0.4 is 0 Å². The molecule has 0 aromatic carbocycles. The van der Waals surface area contributed by atoms with E-state index in [4.69, 9.17) is 17.0 Å². The third kappa shape index (κ3) is 6.17. The second kappa shape index (κ2) is 5.81. The summed E-state index contributed by atoms with van der Waals surface area (Å²) in [6.45, 7) is 3.82. The molecule has 0 aliphatic rings. The highest BCUT2D eigenvalue weighted by molar-refractivity contribution is 8.05. The van der Waals surface area contributed by atoms with E-state index in [2.05, 4.69) is 0 Å². The van der Waals surface area contributed by atoms with Gasteiger partial charge in [0.25, 0.3) is 0 Å². The lowest BCUT2D eigenvalue weighted by Crippen LogP contribution is -1.90. The van der Waals surface area contributed by atoms with Crippen LogP contribution in [0.2, 0.25) is 0 Å². The van der Waals surface area contributed by atoms with Gasteiger partial charge in [0.15, 0.2) is 0 Å². The van der Waals surface area contributed by atoms with E-state index in [1.807, 2.05) is 13.0 Å². The Kier molecular flexibility index (Phi) is 5.84. The van der Waals surface area contributed by atoms with Crippen LogP contribution in [0.3, 0.4) is 0 Å². The number of rotatable bonds is 4. The first-order valence-corrected chi connectivity index (χ1v) is 4.55. The monoisotopic (exact) mass is 177 g/mol. The van der Waals surface area contributed by atoms with Crippen molar-refractivity contribution >= 4 is 29.1 Å². The molecule has 0 atom stereocenters. The Morgan fingerprint density at radius 1 is 1.70 bits per heavy atom. The lowest BCUT2D eigenvalue weighted by atomic mass is 10.5. The number of thioether (sulfide) groups is 1. The smallest absolute Gasteiger partial charge is 0.0698 e. The summed E-state index contributed by atoms with van der Waals surface area (Å²) < 4.78 is 0.800. The van der Waals surface area contributed by atoms with Crippen molar-refractivity contribution < 1.29 is 0 Å². The highest BCUT2D eigenvalue weighted by Crippen LogP contribution is 2.19. The van der Waals surface area contributed by atoms with Gasteiger partial charge in [0.1, 0.15) is 0 Å². The Hall–Kier alpha value is 0.0500. The summed E-state index contributed by atoms with van der Waals surface area (Å²) in [6, 6.07) is 0. The number of nitrogens with one attached hydrogen (secondary N) is 1. The topological polar surface area (TPSA) is 23.9 Å². The second-order valence-corrected chi connectivity index (χ2v) is 3.63. The van der Waals surface area contributed by atoms with Gasteiger partial charge in [-0.25, -0.2) is 0 Å². The molecule has 0 amide bonds. The largest absolute Gasteiger partial charge is 0.309 e. The van der Waals surface area contributed by atoms with Crippen molar-refractivity contribution in [2.45, 2.75) is 20.3 Å². The zero-order valence-electron chi connectivity index (χ0n) is 6.28. The average molecular weight is 178 g/mol. The third-order valence-corrected chi connectivity index (χ3v) is 2.29. The Morgan fingerprint density at radius 3 is 2.70 bits per heavy atom. The van der Waals surface area contributed by atoms with Gasteiger partial charge in [0.05, 0.1) is 4.36 Å². The van der Waals surface area contributed by atoms with Crippen molar-refractivity contribution in [1.29, 1.82) is 5.41 Å². The first-order chi connectivity index (χ1) is 4.66. The molecular weight excluding hydrogens is 166 g/mol. The first-order valence-electron chi connectivity index (χ1n) is 3.19. The molecule has 58 valence electrons. The number of halogens is 1. The maximum absolute atomic E-state index is 7.11. The molecule has 0 rings (SSSR count). The summed E-state index contributed by atoms with van der Waals surface area (Å²) in [5.41, 5.74) is 0.660. The van der Waals surface area contributed by atoms with Crippen LogP contribution in [0.4, 0.5) is 0 Å². The summed E-state index contributed by atoms with van der Waals surface area (Å²) in [5.74, 6) is 0.704. The molecular formula is C7H12ClNS. The minimum Gasteiger partial charge on any atom is -0.309 e. The van der Waals surface area contributed by atoms with Crippen molar-refractivity contribution in [2.75, 3.05) is 5.75 Å². The number of allylic oxidation sites excluding steroid dienone is 1. The zero-order chi connectivity index (χ0) is 7.98. The van der Waals surface area contributed by atoms with E-state index in [0.717, 1.165) is 10.8 Å². The number of hydrogen-bond acceptors (Lipinski definition) is 2. The van der Waals surface area contributed by atoms with Crippen molar-refractivity contribution in [2.24, 2.45) is 0 Å². The normalized spacial score (nSPS) is 11.7. The molecule has 0 aromatic rings. The Morgan fingerprint density at radius 2 is 2.30 bits per heavy atom. The molecule has 0 heterocycles. The van der Waals surface area contributed by atoms with Crippen LogP contribution in [-0.4, -0.2) is 11.5 Å². The Labute approximate surface area is 71.4 Å². The second-order valence-electron chi connectivity index (χ2n) is 1.99. The molecule has 0 aliphatic carbocycles. The minimum absolute atomic E-state index is 0.660. The molecule has 0 radical (unpaired) electrons. The summed E-state index contributed by atoms with van der Waals surface area (Å²) in [7, 11) is 0. The van der Waals surface area contributed by atoms with Crippen LogP contribution in [0.5, 0.6) is 0 Å². The lowest BCUT2D eigenvalue weighted by molar-refractivity contribution is 1.23. The van der Waals surface area contributed by atoms with Gasteiger partial charge < -0.3 is 5.41 Å². The van der Waals surface area contributed by atoms with Crippen LogP contribution in [-0.2, 0) is 0 Å². The molecule has 0 saturated carbocycles. The molecule has 0 aromatic heterocycles. The molecule has 3 heteroatoms. The molecule has 0 aliphatic heterocycles. The van der Waals surface area contributed by atoms with E-state index >= 15 is 0 Å². The van der Waals surface area contributed by atoms with Crippen LogP contribution in [0.15, 0.2) is 10.4 Å². The fourth-order valence-electron chi connectivity index (χ4n) is 0.397. The average Bonchev–Trinajstić information content (AvgIpc) is 1.85. The quantitative estimate of drug-likeness (QED) is 0.655. The summed E-state index contributed by atoms with van der Waals surface area (Å²) in [4.78, 5) is 0. The van der Waals surface area contributed by atoms with Crippen LogP contribution >= 0.6 is 23.4 Å². The predicted octanol–water partition coefficient (Wildman–Crippen LogP) is 3.25. The maximum atomic E-state index is 7.11. The fraction of sp³-hybridized carbons (Fsp3) is 0.571. The van der Waals surface area contributed by atoms with Crippen molar-refractivity contribution in [3.63, 3.8) is 0 Å². The van der Waals surface area contributed by atoms with Gasteiger partial charge in [-0.15, -0.1) is 11.8 Å². The van der Waals surface area contributed by atoms with Gasteiger partial charge in [-0.05, 0) is 13.3 Å². The van der Waals surface area contributed by atoms with Gasteiger partial charge >= 0.3 is 0 Å². The van der Waals surface area contributed by atoms with E-state index in [1.54, 1.807) is 6.92 Å². The summed E-state index contributed by atoms with van der Waals surface area (Å²) in [6.07, 6.45) is 2.91. The zero-order valence-corrected chi connectivity index (χ0v) is 7.85. The van der Waals surface area contributed by atoms with Crippen molar-refractivity contribution in [1.82, 2.24) is 0 Å². The van der Waals surface area contributed by atoms with Crippen LogP contribution in [0.1, 0.15) is 20.3 Å². The molecule has 1 N–H and O–H groups in total. The van der Waals surface area contributed by atoms with E-state index < -0.39 is 0 Å². The van der Waals surface area contributed by atoms with Gasteiger partial charge in [-0.3, -0.25) is 0 Å². The minimum atomic E-state index is 0.660. The van der Waals surface area contributed by atoms with E-state index in [-0.39, 0.29) is 0 Å². The van der Waals surface area contributed by atoms with Crippen LogP contribution in [0, 0.1) is 5.41 Å². The summed E-state index contributed by atoms with van der Waals surface area (Å²) >= 11 is 7.26. The van der Waals surface area contributed by atoms with Crippen LogP contribution in [0.25, 0.3) is 0 Å². The molecule has 10 heavy (non-hydrogen) atoms. The standard InChI is InChI=1S/C7H12ClNS/c1-3-4-7(8)10-5-6(2)9/h4,9H,3,5H2,1-2H3. The first kappa shape index (κ1) is 10.0. The Balaban J connectivity index is 3.48.